The number of carboxylic acid groups (broad SMARTS) is 1. The largest absolute Gasteiger partial charge is 0.508 e. The second-order valence-electron chi connectivity index (χ2n) is 6.44. The molecule has 0 spiro atoms. The standard InChI is InChI=1S/C22H21IN2O6/c1-30-19(4-2-3-5-20(27)28)21(17-12-15(23)8-11-18(17)26)31-22(29)25-16-9-6-14(13-24)7-10-16/h3,5-12,19,21,26H,2,4H2,1H3,(H,25,29)(H,27,28)/b5-3+/t19-,21-/m0/s1. The van der Waals surface area contributed by atoms with Gasteiger partial charge in [-0.25, -0.2) is 9.59 Å². The summed E-state index contributed by atoms with van der Waals surface area (Å²) in [6.07, 6.45) is 0.869. The Labute approximate surface area is 193 Å². The zero-order chi connectivity index (χ0) is 22.8. The second-order valence-corrected chi connectivity index (χ2v) is 7.68. The van der Waals surface area contributed by atoms with Crippen LogP contribution in [0.2, 0.25) is 0 Å². The third-order valence-electron chi connectivity index (χ3n) is 4.31. The van der Waals surface area contributed by atoms with Crippen molar-refractivity contribution in [1.82, 2.24) is 0 Å². The van der Waals surface area contributed by atoms with Crippen LogP contribution in [0.5, 0.6) is 5.75 Å². The van der Waals surface area contributed by atoms with E-state index in [0.29, 0.717) is 29.7 Å². The molecule has 0 aliphatic heterocycles. The molecule has 2 aromatic carbocycles. The number of nitrogens with one attached hydrogen (secondary N) is 1. The Bertz CT molecular complexity index is 984. The van der Waals surface area contributed by atoms with Crippen molar-refractivity contribution >= 4 is 40.3 Å². The molecule has 0 aliphatic rings. The lowest BCUT2D eigenvalue weighted by Crippen LogP contribution is -2.28. The van der Waals surface area contributed by atoms with E-state index < -0.39 is 24.3 Å². The predicted molar refractivity (Wildman–Crippen MR) is 122 cm³/mol. The van der Waals surface area contributed by atoms with Crippen LogP contribution in [-0.4, -0.2) is 35.5 Å². The monoisotopic (exact) mass is 536 g/mol. The maximum absolute atomic E-state index is 12.6. The topological polar surface area (TPSA) is 129 Å². The summed E-state index contributed by atoms with van der Waals surface area (Å²) in [7, 11) is 1.45. The molecule has 0 aromatic heterocycles. The number of nitrogens with zero attached hydrogens (tertiary/aromatic N) is 1. The molecule has 0 fully saturated rings. The maximum atomic E-state index is 12.6. The van der Waals surface area contributed by atoms with E-state index in [1.165, 1.54) is 19.3 Å². The molecule has 2 rings (SSSR count). The maximum Gasteiger partial charge on any atom is 0.412 e. The summed E-state index contributed by atoms with van der Waals surface area (Å²) < 4.78 is 12.0. The van der Waals surface area contributed by atoms with Crippen molar-refractivity contribution in [3.05, 3.63) is 69.3 Å². The van der Waals surface area contributed by atoms with E-state index in [2.05, 4.69) is 27.9 Å². The number of methoxy groups -OCH3 is 1. The number of nitriles is 1. The third-order valence-corrected chi connectivity index (χ3v) is 4.98. The van der Waals surface area contributed by atoms with E-state index in [1.54, 1.807) is 36.4 Å². The third kappa shape index (κ3) is 7.58. The van der Waals surface area contributed by atoms with Gasteiger partial charge in [0.25, 0.3) is 0 Å². The van der Waals surface area contributed by atoms with Crippen molar-refractivity contribution in [3.8, 4) is 11.8 Å². The normalized spacial score (nSPS) is 12.7. The minimum absolute atomic E-state index is 0.0558. The van der Waals surface area contributed by atoms with Crippen LogP contribution >= 0.6 is 22.6 Å². The van der Waals surface area contributed by atoms with Crippen molar-refractivity contribution in [2.75, 3.05) is 12.4 Å². The van der Waals surface area contributed by atoms with E-state index in [-0.39, 0.29) is 5.75 Å². The number of ether oxygens (including phenoxy) is 2. The molecule has 3 N–H and O–H groups in total. The summed E-state index contributed by atoms with van der Waals surface area (Å²) >= 11 is 2.08. The van der Waals surface area contributed by atoms with E-state index in [0.717, 1.165) is 9.65 Å². The van der Waals surface area contributed by atoms with Gasteiger partial charge in [-0.05, 0) is 77.9 Å². The molecule has 0 saturated heterocycles. The van der Waals surface area contributed by atoms with E-state index in [4.69, 9.17) is 19.8 Å². The summed E-state index contributed by atoms with van der Waals surface area (Å²) in [6.45, 7) is 0. The molecule has 0 radical (unpaired) electrons. The van der Waals surface area contributed by atoms with Crippen molar-refractivity contribution in [1.29, 1.82) is 5.26 Å². The van der Waals surface area contributed by atoms with Gasteiger partial charge in [-0.1, -0.05) is 6.08 Å². The van der Waals surface area contributed by atoms with Gasteiger partial charge in [0, 0.05) is 28.0 Å². The van der Waals surface area contributed by atoms with Gasteiger partial charge < -0.3 is 19.7 Å². The number of carboxylic acids is 1. The number of rotatable bonds is 9. The number of benzene rings is 2. The molecule has 2 atom stereocenters. The Morgan fingerprint density at radius 3 is 2.58 bits per heavy atom. The number of carbonyl (C=O) groups excluding carboxylic acids is 1. The number of aliphatic carboxylic acids is 1. The average Bonchev–Trinajstić information content (AvgIpc) is 2.74. The Morgan fingerprint density at radius 1 is 1.26 bits per heavy atom. The van der Waals surface area contributed by atoms with Gasteiger partial charge in [0.1, 0.15) is 5.75 Å². The minimum Gasteiger partial charge on any atom is -0.508 e. The molecule has 0 aliphatic carbocycles. The first-order chi connectivity index (χ1) is 14.8. The van der Waals surface area contributed by atoms with Crippen LogP contribution in [0.1, 0.15) is 30.1 Å². The number of allylic oxidation sites excluding steroid dienone is 1. The molecule has 0 unspecified atom stereocenters. The van der Waals surface area contributed by atoms with Gasteiger partial charge in [0.15, 0.2) is 6.10 Å². The summed E-state index contributed by atoms with van der Waals surface area (Å²) in [6, 6.07) is 13.2. The molecule has 2 aromatic rings. The fourth-order valence-corrected chi connectivity index (χ4v) is 3.34. The minimum atomic E-state index is -1.06. The van der Waals surface area contributed by atoms with E-state index in [1.807, 2.05) is 6.07 Å². The molecular weight excluding hydrogens is 515 g/mol. The van der Waals surface area contributed by atoms with Gasteiger partial charge in [-0.3, -0.25) is 5.32 Å². The van der Waals surface area contributed by atoms with Gasteiger partial charge in [0.05, 0.1) is 17.7 Å². The summed E-state index contributed by atoms with van der Waals surface area (Å²) in [5.74, 6) is -1.11. The van der Waals surface area contributed by atoms with Crippen LogP contribution < -0.4 is 5.32 Å². The fourth-order valence-electron chi connectivity index (χ4n) is 2.82. The van der Waals surface area contributed by atoms with Crippen LogP contribution in [0.4, 0.5) is 10.5 Å². The summed E-state index contributed by atoms with van der Waals surface area (Å²) in [4.78, 5) is 23.2. The molecule has 162 valence electrons. The number of amides is 1. The lowest BCUT2D eigenvalue weighted by molar-refractivity contribution is -0.131. The van der Waals surface area contributed by atoms with Crippen molar-refractivity contribution < 1.29 is 29.3 Å². The van der Waals surface area contributed by atoms with Crippen LogP contribution in [0.25, 0.3) is 0 Å². The number of aromatic hydroxyl groups is 1. The molecule has 0 saturated carbocycles. The molecule has 1 amide bonds. The predicted octanol–water partition coefficient (Wildman–Crippen LogP) is 4.59. The fraction of sp³-hybridized carbons (Fsp3) is 0.227. The highest BCUT2D eigenvalue weighted by Crippen LogP contribution is 2.34. The number of carbonyl (C=O) groups is 2. The SMILES string of the molecule is CO[C@@H](CC/C=C/C(=O)O)[C@@H](OC(=O)Nc1ccc(C#N)cc1)c1cc(I)ccc1O. The Morgan fingerprint density at radius 2 is 1.97 bits per heavy atom. The first-order valence-corrected chi connectivity index (χ1v) is 10.3. The summed E-state index contributed by atoms with van der Waals surface area (Å²) in [5, 5.41) is 30.6. The number of halogens is 1. The Hall–Kier alpha value is -3.10. The van der Waals surface area contributed by atoms with Gasteiger partial charge >= 0.3 is 12.1 Å². The van der Waals surface area contributed by atoms with E-state index >= 15 is 0 Å². The lowest BCUT2D eigenvalue weighted by atomic mass is 9.99. The number of anilines is 1. The zero-order valence-electron chi connectivity index (χ0n) is 16.6. The number of hydrogen-bond acceptors (Lipinski definition) is 6. The first kappa shape index (κ1) is 24.2. The smallest absolute Gasteiger partial charge is 0.412 e. The van der Waals surface area contributed by atoms with Crippen LogP contribution in [0.15, 0.2) is 54.6 Å². The van der Waals surface area contributed by atoms with Crippen molar-refractivity contribution in [2.24, 2.45) is 0 Å². The van der Waals surface area contributed by atoms with Gasteiger partial charge in [-0.15, -0.1) is 0 Å². The number of hydrogen-bond donors (Lipinski definition) is 3. The molecule has 9 heteroatoms. The van der Waals surface area contributed by atoms with Crippen molar-refractivity contribution in [3.63, 3.8) is 0 Å². The van der Waals surface area contributed by atoms with Crippen LogP contribution in [0, 0.1) is 14.9 Å². The second kappa shape index (κ2) is 11.9. The number of phenolic OH excluding ortho intramolecular Hbond substituents is 1. The Balaban J connectivity index is 2.23. The zero-order valence-corrected chi connectivity index (χ0v) is 18.8. The van der Waals surface area contributed by atoms with E-state index in [9.17, 15) is 14.7 Å². The molecule has 0 heterocycles. The highest BCUT2D eigenvalue weighted by Gasteiger charge is 2.29. The quantitative estimate of drug-likeness (QED) is 0.316. The number of phenols is 1. The van der Waals surface area contributed by atoms with Crippen molar-refractivity contribution in [2.45, 2.75) is 25.0 Å². The van der Waals surface area contributed by atoms with Crippen LogP contribution in [0.3, 0.4) is 0 Å². The Kier molecular flexibility index (Phi) is 9.30. The molecule has 0 bridgehead atoms. The molecule has 31 heavy (non-hydrogen) atoms. The highest BCUT2D eigenvalue weighted by molar-refractivity contribution is 14.1. The molecular formula is C22H21IN2O6. The average molecular weight is 536 g/mol. The first-order valence-electron chi connectivity index (χ1n) is 9.22. The van der Waals surface area contributed by atoms with Gasteiger partial charge in [-0.2, -0.15) is 5.26 Å². The highest BCUT2D eigenvalue weighted by atomic mass is 127. The lowest BCUT2D eigenvalue weighted by Gasteiger charge is -2.27. The summed E-state index contributed by atoms with van der Waals surface area (Å²) in [5.41, 5.74) is 1.26. The molecule has 8 nitrogen and oxygen atoms in total. The van der Waals surface area contributed by atoms with Gasteiger partial charge in [0.2, 0.25) is 0 Å². The van der Waals surface area contributed by atoms with Crippen LogP contribution in [-0.2, 0) is 14.3 Å².